The third-order valence-electron chi connectivity index (χ3n) is 1.96. The number of hydrogen-bond donors (Lipinski definition) is 0. The molecule has 0 rings (SSSR count). The number of rotatable bonds is 6. The van der Waals surface area contributed by atoms with E-state index in [0.717, 1.165) is 6.54 Å². The van der Waals surface area contributed by atoms with Gasteiger partial charge in [-0.2, -0.15) is 0 Å². The van der Waals surface area contributed by atoms with Crippen molar-refractivity contribution in [3.8, 4) is 0 Å². The van der Waals surface area contributed by atoms with Crippen molar-refractivity contribution in [2.75, 3.05) is 19.7 Å². The Bertz CT molecular complexity index is 168. The number of nitrogens with zero attached hydrogens (tertiary/aromatic N) is 1. The number of likely N-dealkylation sites (N-methyl/N-ethyl adjacent to an activating group) is 1. The van der Waals surface area contributed by atoms with Gasteiger partial charge in [-0.1, -0.05) is 13.0 Å². The maximum Gasteiger partial charge on any atom is 0.320 e. The highest BCUT2D eigenvalue weighted by Gasteiger charge is 2.13. The fourth-order valence-electron chi connectivity index (χ4n) is 1.07. The Balaban J connectivity index is 3.96. The second-order valence-corrected chi connectivity index (χ2v) is 2.84. The normalized spacial score (nSPS) is 12.6. The van der Waals surface area contributed by atoms with Gasteiger partial charge in [0.2, 0.25) is 0 Å². The summed E-state index contributed by atoms with van der Waals surface area (Å²) < 4.78 is 4.85. The molecule has 0 saturated heterocycles. The van der Waals surface area contributed by atoms with E-state index >= 15 is 0 Å². The number of carbonyl (C=O) groups is 1. The minimum Gasteiger partial charge on any atom is -0.465 e. The lowest BCUT2D eigenvalue weighted by atomic mass is 10.3. The first kappa shape index (κ1) is 12.2. The van der Waals surface area contributed by atoms with E-state index in [0.29, 0.717) is 13.2 Å². The van der Waals surface area contributed by atoms with Crippen LogP contribution in [0.4, 0.5) is 0 Å². The molecular formula is C10H19NO2. The van der Waals surface area contributed by atoms with Crippen molar-refractivity contribution in [3.05, 3.63) is 12.7 Å². The number of carbonyl (C=O) groups excluding carboxylic acids is 1. The minimum absolute atomic E-state index is 0.168. The second-order valence-electron chi connectivity index (χ2n) is 2.84. The molecule has 0 radical (unpaired) electrons. The SMILES string of the molecule is C=CC(C)N(CC)CC(=O)OCC. The van der Waals surface area contributed by atoms with Gasteiger partial charge in [-0.25, -0.2) is 0 Å². The summed E-state index contributed by atoms with van der Waals surface area (Å²) in [6.07, 6.45) is 1.82. The topological polar surface area (TPSA) is 29.5 Å². The van der Waals surface area contributed by atoms with Gasteiger partial charge >= 0.3 is 5.97 Å². The van der Waals surface area contributed by atoms with Gasteiger partial charge in [0.15, 0.2) is 0 Å². The van der Waals surface area contributed by atoms with Gasteiger partial charge in [-0.3, -0.25) is 9.69 Å². The molecule has 1 atom stereocenters. The first-order valence-corrected chi connectivity index (χ1v) is 4.67. The summed E-state index contributed by atoms with van der Waals surface area (Å²) in [5, 5.41) is 0. The van der Waals surface area contributed by atoms with Crippen LogP contribution in [0.3, 0.4) is 0 Å². The van der Waals surface area contributed by atoms with E-state index in [1.807, 2.05) is 31.7 Å². The van der Waals surface area contributed by atoms with Crippen molar-refractivity contribution >= 4 is 5.97 Å². The average Bonchev–Trinajstić information content (AvgIpc) is 2.13. The first-order chi connectivity index (χ1) is 6.15. The fraction of sp³-hybridized carbons (Fsp3) is 0.700. The Morgan fingerprint density at radius 1 is 1.62 bits per heavy atom. The molecule has 0 aromatic rings. The van der Waals surface area contributed by atoms with Crippen molar-refractivity contribution in [1.82, 2.24) is 4.90 Å². The summed E-state index contributed by atoms with van der Waals surface area (Å²) in [5.74, 6) is -0.168. The van der Waals surface area contributed by atoms with E-state index in [9.17, 15) is 4.79 Å². The van der Waals surface area contributed by atoms with E-state index in [1.165, 1.54) is 0 Å². The third-order valence-corrected chi connectivity index (χ3v) is 1.96. The van der Waals surface area contributed by atoms with Crippen molar-refractivity contribution in [2.24, 2.45) is 0 Å². The molecule has 0 aliphatic carbocycles. The molecule has 0 aliphatic rings. The molecule has 0 aromatic heterocycles. The largest absolute Gasteiger partial charge is 0.465 e. The van der Waals surface area contributed by atoms with Crippen LogP contribution in [-0.2, 0) is 9.53 Å². The summed E-state index contributed by atoms with van der Waals surface area (Å²) in [4.78, 5) is 13.1. The zero-order chi connectivity index (χ0) is 10.3. The van der Waals surface area contributed by atoms with E-state index in [2.05, 4.69) is 6.58 Å². The first-order valence-electron chi connectivity index (χ1n) is 4.67. The molecule has 3 heteroatoms. The highest BCUT2D eigenvalue weighted by atomic mass is 16.5. The number of hydrogen-bond acceptors (Lipinski definition) is 3. The van der Waals surface area contributed by atoms with Crippen LogP contribution in [0, 0.1) is 0 Å². The molecule has 0 bridgehead atoms. The maximum atomic E-state index is 11.1. The molecule has 3 nitrogen and oxygen atoms in total. The van der Waals surface area contributed by atoms with Crippen LogP contribution in [0.25, 0.3) is 0 Å². The molecule has 0 amide bonds. The quantitative estimate of drug-likeness (QED) is 0.463. The molecule has 13 heavy (non-hydrogen) atoms. The van der Waals surface area contributed by atoms with Gasteiger partial charge in [0.1, 0.15) is 0 Å². The molecule has 0 fully saturated rings. The fourth-order valence-corrected chi connectivity index (χ4v) is 1.07. The Morgan fingerprint density at radius 2 is 2.23 bits per heavy atom. The highest BCUT2D eigenvalue weighted by molar-refractivity contribution is 5.71. The zero-order valence-corrected chi connectivity index (χ0v) is 8.75. The van der Waals surface area contributed by atoms with Gasteiger partial charge in [0, 0.05) is 6.04 Å². The van der Waals surface area contributed by atoms with E-state index in [4.69, 9.17) is 4.74 Å². The predicted molar refractivity (Wildman–Crippen MR) is 53.5 cm³/mol. The van der Waals surface area contributed by atoms with Crippen molar-refractivity contribution in [1.29, 1.82) is 0 Å². The molecule has 0 saturated carbocycles. The van der Waals surface area contributed by atoms with Gasteiger partial charge in [-0.05, 0) is 20.4 Å². The Labute approximate surface area is 80.4 Å². The maximum absolute atomic E-state index is 11.1. The van der Waals surface area contributed by atoms with Crippen LogP contribution in [0.15, 0.2) is 12.7 Å². The Hall–Kier alpha value is -0.830. The summed E-state index contributed by atoms with van der Waals surface area (Å²) in [7, 11) is 0. The molecule has 76 valence electrons. The molecule has 0 heterocycles. The average molecular weight is 185 g/mol. The third kappa shape index (κ3) is 4.68. The summed E-state index contributed by atoms with van der Waals surface area (Å²) >= 11 is 0. The van der Waals surface area contributed by atoms with Gasteiger partial charge in [0.25, 0.3) is 0 Å². The van der Waals surface area contributed by atoms with Gasteiger partial charge in [-0.15, -0.1) is 6.58 Å². The van der Waals surface area contributed by atoms with E-state index < -0.39 is 0 Å². The summed E-state index contributed by atoms with van der Waals surface area (Å²) in [6.45, 7) is 11.1. The van der Waals surface area contributed by atoms with E-state index in [1.54, 1.807) is 0 Å². The minimum atomic E-state index is -0.168. The number of ether oxygens (including phenoxy) is 1. The van der Waals surface area contributed by atoms with Crippen molar-refractivity contribution in [2.45, 2.75) is 26.8 Å². The molecule has 0 aromatic carbocycles. The summed E-state index contributed by atoms with van der Waals surface area (Å²) in [6, 6.07) is 0.217. The zero-order valence-electron chi connectivity index (χ0n) is 8.75. The van der Waals surface area contributed by atoms with Crippen LogP contribution >= 0.6 is 0 Å². The van der Waals surface area contributed by atoms with Gasteiger partial charge in [0.05, 0.1) is 13.2 Å². The molecule has 0 N–H and O–H groups in total. The van der Waals surface area contributed by atoms with Crippen LogP contribution in [0.1, 0.15) is 20.8 Å². The van der Waals surface area contributed by atoms with Crippen molar-refractivity contribution < 1.29 is 9.53 Å². The van der Waals surface area contributed by atoms with E-state index in [-0.39, 0.29) is 12.0 Å². The van der Waals surface area contributed by atoms with Crippen LogP contribution in [0.2, 0.25) is 0 Å². The lowest BCUT2D eigenvalue weighted by Gasteiger charge is -2.23. The Kier molecular flexibility index (Phi) is 6.24. The number of esters is 1. The summed E-state index contributed by atoms with van der Waals surface area (Å²) in [5.41, 5.74) is 0. The Morgan fingerprint density at radius 3 is 2.62 bits per heavy atom. The monoisotopic (exact) mass is 185 g/mol. The van der Waals surface area contributed by atoms with Crippen LogP contribution in [0.5, 0.6) is 0 Å². The van der Waals surface area contributed by atoms with Crippen molar-refractivity contribution in [3.63, 3.8) is 0 Å². The molecule has 1 unspecified atom stereocenters. The smallest absolute Gasteiger partial charge is 0.320 e. The highest BCUT2D eigenvalue weighted by Crippen LogP contribution is 1.99. The van der Waals surface area contributed by atoms with Crippen LogP contribution < -0.4 is 0 Å². The predicted octanol–water partition coefficient (Wildman–Crippen LogP) is 1.45. The molecular weight excluding hydrogens is 166 g/mol. The second kappa shape index (κ2) is 6.66. The van der Waals surface area contributed by atoms with Crippen LogP contribution in [-0.4, -0.2) is 36.6 Å². The standard InChI is InChI=1S/C10H19NO2/c1-5-9(4)11(6-2)8-10(12)13-7-3/h5,9H,1,6-8H2,2-4H3. The molecule has 0 spiro atoms. The molecule has 0 aliphatic heterocycles. The van der Waals surface area contributed by atoms with Gasteiger partial charge < -0.3 is 4.74 Å². The lowest BCUT2D eigenvalue weighted by Crippen LogP contribution is -2.36. The lowest BCUT2D eigenvalue weighted by molar-refractivity contribution is -0.144.